The maximum absolute atomic E-state index is 11.2. The molecule has 2 aromatic rings. The van der Waals surface area contributed by atoms with Crippen LogP contribution in [-0.4, -0.2) is 63.6 Å². The van der Waals surface area contributed by atoms with E-state index in [4.69, 9.17) is 16.0 Å². The Kier molecular flexibility index (Phi) is 6.18. The molecule has 1 saturated heterocycles. The first-order valence-electron chi connectivity index (χ1n) is 8.72. The first kappa shape index (κ1) is 19.9. The number of aliphatic hydroxyl groups is 3. The van der Waals surface area contributed by atoms with Gasteiger partial charge in [0.05, 0.1) is 37.4 Å². The minimum absolute atomic E-state index is 0.162. The Labute approximate surface area is 162 Å². The SMILES string of the molecule is CC(=O)NC[C@@H]1[C@@H](O)[C@H](O)[C@@H](CO)N1Cc1ccc(-c2ccc(Cl)cc2)o1. The van der Waals surface area contributed by atoms with Crippen molar-refractivity contribution < 1.29 is 24.5 Å². The van der Waals surface area contributed by atoms with Gasteiger partial charge in [-0.3, -0.25) is 9.69 Å². The standard InChI is InChI=1S/C19H23ClN2O5/c1-11(24)21-8-15-18(25)19(26)16(10-23)22(15)9-14-6-7-17(27-14)12-2-4-13(20)5-3-12/h2-7,15-16,18-19,23,25-26H,8-10H2,1H3,(H,21,24)/t15-,16-,18-,19-/m1/s1. The number of halogens is 1. The van der Waals surface area contributed by atoms with Gasteiger partial charge in [0.15, 0.2) is 0 Å². The molecule has 0 radical (unpaired) electrons. The molecular weight excluding hydrogens is 372 g/mol. The number of likely N-dealkylation sites (tertiary alicyclic amines) is 1. The van der Waals surface area contributed by atoms with Crippen molar-refractivity contribution in [3.63, 3.8) is 0 Å². The van der Waals surface area contributed by atoms with Crippen LogP contribution < -0.4 is 5.32 Å². The molecule has 0 saturated carbocycles. The van der Waals surface area contributed by atoms with Crippen LogP contribution >= 0.6 is 11.6 Å². The Bertz CT molecular complexity index is 779. The molecular formula is C19H23ClN2O5. The van der Waals surface area contributed by atoms with E-state index < -0.39 is 24.3 Å². The number of hydrogen-bond donors (Lipinski definition) is 4. The summed E-state index contributed by atoms with van der Waals surface area (Å²) >= 11 is 5.91. The van der Waals surface area contributed by atoms with Gasteiger partial charge in [0.1, 0.15) is 11.5 Å². The highest BCUT2D eigenvalue weighted by Gasteiger charge is 2.47. The van der Waals surface area contributed by atoms with Crippen LogP contribution in [0.25, 0.3) is 11.3 Å². The number of amides is 1. The lowest BCUT2D eigenvalue weighted by atomic mass is 10.1. The molecule has 1 aromatic heterocycles. The molecule has 7 nitrogen and oxygen atoms in total. The van der Waals surface area contributed by atoms with Gasteiger partial charge in [-0.25, -0.2) is 0 Å². The number of carbonyl (C=O) groups is 1. The second kappa shape index (κ2) is 8.41. The van der Waals surface area contributed by atoms with Crippen molar-refractivity contribution in [3.8, 4) is 11.3 Å². The summed E-state index contributed by atoms with van der Waals surface area (Å²) in [6.07, 6.45) is -2.20. The van der Waals surface area contributed by atoms with Crippen molar-refractivity contribution in [3.05, 3.63) is 47.2 Å². The van der Waals surface area contributed by atoms with E-state index in [-0.39, 0.29) is 25.6 Å². The Balaban J connectivity index is 1.78. The summed E-state index contributed by atoms with van der Waals surface area (Å²) in [4.78, 5) is 13.0. The topological polar surface area (TPSA) is 106 Å². The second-order valence-corrected chi connectivity index (χ2v) is 7.12. The molecule has 27 heavy (non-hydrogen) atoms. The smallest absolute Gasteiger partial charge is 0.216 e. The van der Waals surface area contributed by atoms with Gasteiger partial charge in [-0.2, -0.15) is 0 Å². The summed E-state index contributed by atoms with van der Waals surface area (Å²) < 4.78 is 5.89. The van der Waals surface area contributed by atoms with Gasteiger partial charge in [-0.15, -0.1) is 0 Å². The fourth-order valence-electron chi connectivity index (χ4n) is 3.44. The van der Waals surface area contributed by atoms with Gasteiger partial charge in [-0.1, -0.05) is 11.6 Å². The number of carbonyl (C=O) groups excluding carboxylic acids is 1. The Hall–Kier alpha value is -1.90. The van der Waals surface area contributed by atoms with Gasteiger partial charge in [0, 0.05) is 24.1 Å². The monoisotopic (exact) mass is 394 g/mol. The van der Waals surface area contributed by atoms with E-state index in [9.17, 15) is 20.1 Å². The van der Waals surface area contributed by atoms with E-state index in [0.29, 0.717) is 16.5 Å². The van der Waals surface area contributed by atoms with Gasteiger partial charge < -0.3 is 25.1 Å². The predicted molar refractivity (Wildman–Crippen MR) is 100 cm³/mol. The minimum Gasteiger partial charge on any atom is -0.460 e. The third-order valence-electron chi connectivity index (χ3n) is 4.87. The molecule has 0 spiro atoms. The van der Waals surface area contributed by atoms with Crippen LogP contribution in [0.2, 0.25) is 5.02 Å². The van der Waals surface area contributed by atoms with Crippen molar-refractivity contribution in [2.24, 2.45) is 0 Å². The van der Waals surface area contributed by atoms with Gasteiger partial charge in [-0.05, 0) is 36.4 Å². The lowest BCUT2D eigenvalue weighted by molar-refractivity contribution is -0.119. The summed E-state index contributed by atoms with van der Waals surface area (Å²) in [5.41, 5.74) is 0.876. The van der Waals surface area contributed by atoms with E-state index in [0.717, 1.165) is 5.56 Å². The minimum atomic E-state index is -1.11. The predicted octanol–water partition coefficient (Wildman–Crippen LogP) is 1.00. The average Bonchev–Trinajstić information content (AvgIpc) is 3.18. The van der Waals surface area contributed by atoms with Crippen LogP contribution in [-0.2, 0) is 11.3 Å². The van der Waals surface area contributed by atoms with E-state index in [1.165, 1.54) is 6.92 Å². The molecule has 1 aliphatic heterocycles. The first-order chi connectivity index (χ1) is 12.9. The largest absolute Gasteiger partial charge is 0.460 e. The molecule has 4 N–H and O–H groups in total. The number of nitrogens with zero attached hydrogens (tertiary/aromatic N) is 1. The summed E-state index contributed by atoms with van der Waals surface area (Å²) in [5.74, 6) is 1.06. The molecule has 4 atom stereocenters. The molecule has 3 rings (SSSR count). The van der Waals surface area contributed by atoms with Crippen molar-refractivity contribution in [2.75, 3.05) is 13.2 Å². The molecule has 0 aliphatic carbocycles. The van der Waals surface area contributed by atoms with Gasteiger partial charge in [0.2, 0.25) is 5.91 Å². The molecule has 0 unspecified atom stereocenters. The highest BCUT2D eigenvalue weighted by molar-refractivity contribution is 6.30. The highest BCUT2D eigenvalue weighted by Crippen LogP contribution is 2.29. The van der Waals surface area contributed by atoms with Crippen LogP contribution in [0.15, 0.2) is 40.8 Å². The third kappa shape index (κ3) is 4.34. The molecule has 146 valence electrons. The second-order valence-electron chi connectivity index (χ2n) is 6.68. The molecule has 2 heterocycles. The highest BCUT2D eigenvalue weighted by atomic mass is 35.5. The maximum Gasteiger partial charge on any atom is 0.216 e. The lowest BCUT2D eigenvalue weighted by Crippen LogP contribution is -2.46. The molecule has 0 bridgehead atoms. The van der Waals surface area contributed by atoms with E-state index >= 15 is 0 Å². The zero-order valence-corrected chi connectivity index (χ0v) is 15.6. The van der Waals surface area contributed by atoms with Crippen LogP contribution in [0, 0.1) is 0 Å². The molecule has 1 fully saturated rings. The van der Waals surface area contributed by atoms with Crippen molar-refractivity contribution in [1.82, 2.24) is 10.2 Å². The van der Waals surface area contributed by atoms with Crippen LogP contribution in [0.3, 0.4) is 0 Å². The molecule has 8 heteroatoms. The van der Waals surface area contributed by atoms with Gasteiger partial charge >= 0.3 is 0 Å². The zero-order valence-electron chi connectivity index (χ0n) is 14.9. The fourth-order valence-corrected chi connectivity index (χ4v) is 3.57. The Morgan fingerprint density at radius 3 is 2.44 bits per heavy atom. The van der Waals surface area contributed by atoms with Crippen LogP contribution in [0.4, 0.5) is 0 Å². The quantitative estimate of drug-likeness (QED) is 0.582. The number of furan rings is 1. The van der Waals surface area contributed by atoms with Crippen LogP contribution in [0.1, 0.15) is 12.7 Å². The molecule has 1 amide bonds. The fraction of sp³-hybridized carbons (Fsp3) is 0.421. The number of benzene rings is 1. The maximum atomic E-state index is 11.2. The van der Waals surface area contributed by atoms with Crippen molar-refractivity contribution in [2.45, 2.75) is 37.8 Å². The zero-order chi connectivity index (χ0) is 19.6. The molecule has 1 aromatic carbocycles. The lowest BCUT2D eigenvalue weighted by Gasteiger charge is -2.28. The third-order valence-corrected chi connectivity index (χ3v) is 5.12. The summed E-state index contributed by atoms with van der Waals surface area (Å²) in [5, 5.41) is 33.5. The van der Waals surface area contributed by atoms with E-state index in [1.807, 2.05) is 24.3 Å². The van der Waals surface area contributed by atoms with E-state index in [1.54, 1.807) is 17.0 Å². The normalized spacial score (nSPS) is 25.7. The van der Waals surface area contributed by atoms with Crippen molar-refractivity contribution >= 4 is 17.5 Å². The number of rotatable bonds is 6. The summed E-state index contributed by atoms with van der Waals surface area (Å²) in [7, 11) is 0. The first-order valence-corrected chi connectivity index (χ1v) is 9.10. The number of nitrogens with one attached hydrogen (secondary N) is 1. The average molecular weight is 395 g/mol. The Morgan fingerprint density at radius 2 is 1.81 bits per heavy atom. The van der Waals surface area contributed by atoms with E-state index in [2.05, 4.69) is 5.32 Å². The number of hydrogen-bond acceptors (Lipinski definition) is 6. The van der Waals surface area contributed by atoms with Gasteiger partial charge in [0.25, 0.3) is 0 Å². The van der Waals surface area contributed by atoms with Crippen molar-refractivity contribution in [1.29, 1.82) is 0 Å². The summed E-state index contributed by atoms with van der Waals surface area (Å²) in [6, 6.07) is 9.71. The van der Waals surface area contributed by atoms with Crippen LogP contribution in [0.5, 0.6) is 0 Å². The number of aliphatic hydroxyl groups excluding tert-OH is 3. The Morgan fingerprint density at radius 1 is 1.15 bits per heavy atom. The molecule has 1 aliphatic rings. The summed E-state index contributed by atoms with van der Waals surface area (Å²) in [6.45, 7) is 1.50.